The minimum absolute atomic E-state index is 0.363. The number of hydrogen-bond acceptors (Lipinski definition) is 6. The first-order valence-corrected chi connectivity index (χ1v) is 7.12. The van der Waals surface area contributed by atoms with Crippen molar-refractivity contribution in [3.63, 3.8) is 0 Å². The highest BCUT2D eigenvalue weighted by molar-refractivity contribution is 7.98. The normalized spacial score (nSPS) is 11.1. The second-order valence-electron chi connectivity index (χ2n) is 4.13. The molecule has 0 aliphatic carbocycles. The van der Waals surface area contributed by atoms with Gasteiger partial charge in [0.1, 0.15) is 17.3 Å². The van der Waals surface area contributed by atoms with Gasteiger partial charge in [0.15, 0.2) is 5.16 Å². The van der Waals surface area contributed by atoms with Crippen LogP contribution in [0, 0.1) is 0 Å². The molecule has 0 aliphatic heterocycles. The van der Waals surface area contributed by atoms with E-state index in [1.807, 2.05) is 28.9 Å². The van der Waals surface area contributed by atoms with Gasteiger partial charge in [-0.05, 0) is 12.1 Å². The predicted molar refractivity (Wildman–Crippen MR) is 80.6 cm³/mol. The Labute approximate surface area is 124 Å². The summed E-state index contributed by atoms with van der Waals surface area (Å²) >= 11 is 7.36. The second-order valence-corrected chi connectivity index (χ2v) is 5.51. The molecule has 0 aromatic carbocycles. The van der Waals surface area contributed by atoms with Crippen LogP contribution in [0.25, 0.3) is 5.65 Å². The van der Waals surface area contributed by atoms with Gasteiger partial charge in [-0.3, -0.25) is 0 Å². The highest BCUT2D eigenvalue weighted by Crippen LogP contribution is 2.21. The van der Waals surface area contributed by atoms with E-state index in [9.17, 15) is 0 Å². The van der Waals surface area contributed by atoms with E-state index in [0.29, 0.717) is 27.6 Å². The molecule has 3 aromatic rings. The van der Waals surface area contributed by atoms with Crippen LogP contribution < -0.4 is 11.5 Å². The molecule has 0 saturated heterocycles. The third-order valence-corrected chi connectivity index (χ3v) is 3.66. The number of fused-ring (bicyclic) bond motifs is 1. The maximum atomic E-state index is 5.93. The number of anilines is 2. The number of nitrogens with two attached hydrogens (primary N) is 2. The largest absolute Gasteiger partial charge is 0.383 e. The summed E-state index contributed by atoms with van der Waals surface area (Å²) in [4.78, 5) is 12.7. The monoisotopic (exact) mass is 306 g/mol. The molecule has 6 nitrogen and oxygen atoms in total. The summed E-state index contributed by atoms with van der Waals surface area (Å²) < 4.78 is 1.88. The Morgan fingerprint density at radius 1 is 1.10 bits per heavy atom. The minimum atomic E-state index is 0.363. The fourth-order valence-corrected chi connectivity index (χ4v) is 2.68. The summed E-state index contributed by atoms with van der Waals surface area (Å²) in [6.45, 7) is 0. The quantitative estimate of drug-likeness (QED) is 0.569. The first-order chi connectivity index (χ1) is 9.60. The van der Waals surface area contributed by atoms with Crippen molar-refractivity contribution < 1.29 is 0 Å². The highest BCUT2D eigenvalue weighted by Gasteiger charge is 2.06. The van der Waals surface area contributed by atoms with Gasteiger partial charge in [0.25, 0.3) is 0 Å². The fourth-order valence-electron chi connectivity index (χ4n) is 1.75. The lowest BCUT2D eigenvalue weighted by molar-refractivity contribution is 0.982. The number of halogens is 1. The third kappa shape index (κ3) is 2.78. The number of thioether (sulfide) groups is 1. The molecular formula is C12H11ClN6S. The number of nitrogen functional groups attached to an aromatic ring is 2. The van der Waals surface area contributed by atoms with Gasteiger partial charge in [-0.25, -0.2) is 15.0 Å². The molecule has 0 amide bonds. The molecular weight excluding hydrogens is 296 g/mol. The lowest BCUT2D eigenvalue weighted by atomic mass is 10.5. The Morgan fingerprint density at radius 2 is 1.85 bits per heavy atom. The number of pyridine rings is 1. The van der Waals surface area contributed by atoms with Crippen LogP contribution in [0.3, 0.4) is 0 Å². The molecule has 4 N–H and O–H groups in total. The maximum absolute atomic E-state index is 5.93. The number of aromatic nitrogens is 4. The number of nitrogens with zero attached hydrogens (tertiary/aromatic N) is 4. The maximum Gasteiger partial charge on any atom is 0.191 e. The fraction of sp³-hybridized carbons (Fsp3) is 0.0833. The molecule has 20 heavy (non-hydrogen) atoms. The Morgan fingerprint density at radius 3 is 2.60 bits per heavy atom. The van der Waals surface area contributed by atoms with Crippen molar-refractivity contribution in [1.29, 1.82) is 0 Å². The molecule has 0 unspecified atom stereocenters. The molecule has 8 heteroatoms. The molecule has 102 valence electrons. The van der Waals surface area contributed by atoms with Gasteiger partial charge in [-0.2, -0.15) is 0 Å². The highest BCUT2D eigenvalue weighted by atomic mass is 35.5. The van der Waals surface area contributed by atoms with Crippen LogP contribution in [0.1, 0.15) is 5.69 Å². The van der Waals surface area contributed by atoms with Gasteiger partial charge < -0.3 is 15.9 Å². The Kier molecular flexibility index (Phi) is 3.37. The van der Waals surface area contributed by atoms with Crippen molar-refractivity contribution >= 4 is 40.6 Å². The van der Waals surface area contributed by atoms with E-state index in [4.69, 9.17) is 23.1 Å². The van der Waals surface area contributed by atoms with Crippen LogP contribution in [0.2, 0.25) is 5.02 Å². The molecule has 0 fully saturated rings. The standard InChI is InChI=1S/C12H11ClN6S/c13-7-1-2-11-16-8(5-19(11)4-7)6-20-12-17-9(14)3-10(15)18-12/h1-5H,6H2,(H4,14,15,17,18). The molecule has 0 saturated carbocycles. The van der Waals surface area contributed by atoms with Crippen molar-refractivity contribution in [2.75, 3.05) is 11.5 Å². The van der Waals surface area contributed by atoms with Gasteiger partial charge >= 0.3 is 0 Å². The zero-order chi connectivity index (χ0) is 14.1. The van der Waals surface area contributed by atoms with Crippen LogP contribution in [0.5, 0.6) is 0 Å². The number of imidazole rings is 1. The molecule has 0 spiro atoms. The van der Waals surface area contributed by atoms with Gasteiger partial charge in [-0.1, -0.05) is 23.4 Å². The lowest BCUT2D eigenvalue weighted by Gasteiger charge is -2.00. The first kappa shape index (κ1) is 13.0. The zero-order valence-corrected chi connectivity index (χ0v) is 11.9. The summed E-state index contributed by atoms with van der Waals surface area (Å²) in [5, 5.41) is 1.21. The van der Waals surface area contributed by atoms with E-state index in [-0.39, 0.29) is 0 Å². The van der Waals surface area contributed by atoms with Gasteiger partial charge in [-0.15, -0.1) is 0 Å². The lowest BCUT2D eigenvalue weighted by Crippen LogP contribution is -1.99. The average Bonchev–Trinajstić information content (AvgIpc) is 2.77. The molecule has 0 aliphatic rings. The van der Waals surface area contributed by atoms with Gasteiger partial charge in [0.05, 0.1) is 10.7 Å². The molecule has 3 aromatic heterocycles. The SMILES string of the molecule is Nc1cc(N)nc(SCc2cn3cc(Cl)ccc3n2)n1. The summed E-state index contributed by atoms with van der Waals surface area (Å²) in [5.41, 5.74) is 13.0. The van der Waals surface area contributed by atoms with Crippen LogP contribution in [-0.4, -0.2) is 19.4 Å². The smallest absolute Gasteiger partial charge is 0.191 e. The summed E-state index contributed by atoms with van der Waals surface area (Å²) in [7, 11) is 0. The summed E-state index contributed by atoms with van der Waals surface area (Å²) in [5.74, 6) is 1.35. The van der Waals surface area contributed by atoms with Crippen LogP contribution in [-0.2, 0) is 5.75 Å². The van der Waals surface area contributed by atoms with Gasteiger partial charge in [0, 0.05) is 24.2 Å². The van der Waals surface area contributed by atoms with Crippen molar-refractivity contribution in [2.24, 2.45) is 0 Å². The zero-order valence-electron chi connectivity index (χ0n) is 10.3. The van der Waals surface area contributed by atoms with Crippen molar-refractivity contribution in [3.8, 4) is 0 Å². The molecule has 0 radical (unpaired) electrons. The van der Waals surface area contributed by atoms with E-state index in [1.54, 1.807) is 0 Å². The molecule has 3 rings (SSSR count). The van der Waals surface area contributed by atoms with E-state index >= 15 is 0 Å². The number of hydrogen-bond donors (Lipinski definition) is 2. The number of rotatable bonds is 3. The summed E-state index contributed by atoms with van der Waals surface area (Å²) in [6, 6.07) is 5.20. The van der Waals surface area contributed by atoms with E-state index in [1.165, 1.54) is 17.8 Å². The Balaban J connectivity index is 1.79. The first-order valence-electron chi connectivity index (χ1n) is 5.76. The Hall–Kier alpha value is -1.99. The van der Waals surface area contributed by atoms with Crippen molar-refractivity contribution in [3.05, 3.63) is 41.3 Å². The molecule has 0 atom stereocenters. The van der Waals surface area contributed by atoms with Crippen molar-refractivity contribution in [2.45, 2.75) is 10.9 Å². The van der Waals surface area contributed by atoms with Crippen molar-refractivity contribution in [1.82, 2.24) is 19.4 Å². The third-order valence-electron chi connectivity index (χ3n) is 2.56. The van der Waals surface area contributed by atoms with Gasteiger partial charge in [0.2, 0.25) is 0 Å². The molecule has 0 bridgehead atoms. The topological polar surface area (TPSA) is 95.1 Å². The predicted octanol–water partition coefficient (Wildman–Crippen LogP) is 2.23. The van der Waals surface area contributed by atoms with E-state index in [0.717, 1.165) is 11.3 Å². The Bertz CT molecular complexity index is 751. The summed E-state index contributed by atoms with van der Waals surface area (Å²) in [6.07, 6.45) is 3.73. The molecule has 3 heterocycles. The van der Waals surface area contributed by atoms with Crippen LogP contribution >= 0.6 is 23.4 Å². The van der Waals surface area contributed by atoms with Crippen LogP contribution in [0.15, 0.2) is 35.7 Å². The van der Waals surface area contributed by atoms with E-state index < -0.39 is 0 Å². The average molecular weight is 307 g/mol. The van der Waals surface area contributed by atoms with Crippen LogP contribution in [0.4, 0.5) is 11.6 Å². The minimum Gasteiger partial charge on any atom is -0.383 e. The second kappa shape index (κ2) is 5.18. The van der Waals surface area contributed by atoms with E-state index in [2.05, 4.69) is 15.0 Å².